The van der Waals surface area contributed by atoms with Gasteiger partial charge in [0.2, 0.25) is 0 Å². The molecule has 0 radical (unpaired) electrons. The molecule has 3 rings (SSSR count). The second-order valence-corrected chi connectivity index (χ2v) is 7.22. The summed E-state index contributed by atoms with van der Waals surface area (Å²) in [5.41, 5.74) is 11.1. The Morgan fingerprint density at radius 2 is 1.48 bits per heavy atom. The maximum atomic E-state index is 2.35. The van der Waals surface area contributed by atoms with Crippen molar-refractivity contribution in [2.24, 2.45) is 5.92 Å². The molecule has 0 N–H and O–H groups in total. The lowest BCUT2D eigenvalue weighted by molar-refractivity contribution is 0.673. The van der Waals surface area contributed by atoms with Crippen LogP contribution in [0.5, 0.6) is 0 Å². The Morgan fingerprint density at radius 3 is 2.13 bits per heavy atom. The summed E-state index contributed by atoms with van der Waals surface area (Å²) in [4.78, 5) is 0. The highest BCUT2D eigenvalue weighted by Crippen LogP contribution is 2.44. The molecule has 0 heteroatoms. The van der Waals surface area contributed by atoms with Gasteiger partial charge in [-0.3, -0.25) is 0 Å². The Labute approximate surface area is 140 Å². The second kappa shape index (κ2) is 6.20. The molecule has 1 aliphatic carbocycles. The van der Waals surface area contributed by atoms with E-state index in [4.69, 9.17) is 0 Å². The second-order valence-electron chi connectivity index (χ2n) is 7.22. The Hall–Kier alpha value is -2.08. The first-order chi connectivity index (χ1) is 11.0. The van der Waals surface area contributed by atoms with Gasteiger partial charge in [0.1, 0.15) is 0 Å². The van der Waals surface area contributed by atoms with Crippen LogP contribution in [0.15, 0.2) is 48.0 Å². The number of aryl methyl sites for hydroxylation is 2. The van der Waals surface area contributed by atoms with Gasteiger partial charge in [-0.2, -0.15) is 0 Å². The Balaban J connectivity index is 2.13. The third-order valence-corrected chi connectivity index (χ3v) is 4.65. The SMILES string of the molecule is CC1=C(CC(C)C)c2cc(C)ccc2/C1=C/c1ccc(C)cc1. The van der Waals surface area contributed by atoms with Gasteiger partial charge in [0.25, 0.3) is 0 Å². The van der Waals surface area contributed by atoms with E-state index in [9.17, 15) is 0 Å². The van der Waals surface area contributed by atoms with Crippen LogP contribution in [-0.4, -0.2) is 0 Å². The molecule has 0 heterocycles. The lowest BCUT2D eigenvalue weighted by atomic mass is 9.95. The van der Waals surface area contributed by atoms with E-state index in [0.29, 0.717) is 5.92 Å². The molecule has 2 aromatic rings. The van der Waals surface area contributed by atoms with Crippen LogP contribution in [0.3, 0.4) is 0 Å². The maximum Gasteiger partial charge on any atom is -0.0105 e. The summed E-state index contributed by atoms with van der Waals surface area (Å²) in [6, 6.07) is 15.7. The molecule has 0 saturated heterocycles. The molecule has 118 valence electrons. The van der Waals surface area contributed by atoms with E-state index in [1.807, 2.05) is 0 Å². The van der Waals surface area contributed by atoms with Crippen molar-refractivity contribution in [3.05, 3.63) is 75.9 Å². The van der Waals surface area contributed by atoms with E-state index in [0.717, 1.165) is 6.42 Å². The van der Waals surface area contributed by atoms with Gasteiger partial charge < -0.3 is 0 Å². The third-order valence-electron chi connectivity index (χ3n) is 4.65. The van der Waals surface area contributed by atoms with Gasteiger partial charge in [0, 0.05) is 0 Å². The van der Waals surface area contributed by atoms with Crippen molar-refractivity contribution < 1.29 is 0 Å². The summed E-state index contributed by atoms with van der Waals surface area (Å²) in [6.45, 7) is 11.2. The van der Waals surface area contributed by atoms with Gasteiger partial charge in [-0.1, -0.05) is 67.4 Å². The summed E-state index contributed by atoms with van der Waals surface area (Å²) in [7, 11) is 0. The third kappa shape index (κ3) is 3.17. The first kappa shape index (κ1) is 15.8. The average Bonchev–Trinajstić information content (AvgIpc) is 2.74. The average molecular weight is 302 g/mol. The van der Waals surface area contributed by atoms with Crippen molar-refractivity contribution in [1.82, 2.24) is 0 Å². The van der Waals surface area contributed by atoms with Crippen molar-refractivity contribution in [2.45, 2.75) is 41.0 Å². The van der Waals surface area contributed by atoms with E-state index in [1.165, 1.54) is 44.5 Å². The largest absolute Gasteiger partial charge is 0.0625 e. The van der Waals surface area contributed by atoms with Gasteiger partial charge in [-0.15, -0.1) is 0 Å². The molecule has 0 saturated carbocycles. The lowest BCUT2D eigenvalue weighted by Crippen LogP contribution is -1.92. The van der Waals surface area contributed by atoms with E-state index in [2.05, 4.69) is 83.2 Å². The van der Waals surface area contributed by atoms with E-state index >= 15 is 0 Å². The zero-order valence-electron chi connectivity index (χ0n) is 14.9. The van der Waals surface area contributed by atoms with Crippen LogP contribution in [-0.2, 0) is 0 Å². The molecule has 0 atom stereocenters. The fourth-order valence-electron chi connectivity index (χ4n) is 3.40. The van der Waals surface area contributed by atoms with E-state index in [1.54, 1.807) is 0 Å². The molecule has 0 aromatic heterocycles. The molecule has 0 nitrogen and oxygen atoms in total. The Morgan fingerprint density at radius 1 is 0.826 bits per heavy atom. The molecule has 1 aliphatic rings. The molecule has 0 spiro atoms. The van der Waals surface area contributed by atoms with Crippen molar-refractivity contribution in [2.75, 3.05) is 0 Å². The first-order valence-corrected chi connectivity index (χ1v) is 8.55. The highest BCUT2D eigenvalue weighted by atomic mass is 14.3. The molecular formula is C23H26. The fraction of sp³-hybridized carbons (Fsp3) is 0.304. The van der Waals surface area contributed by atoms with Crippen molar-refractivity contribution in [3.63, 3.8) is 0 Å². The van der Waals surface area contributed by atoms with Crippen LogP contribution in [0.1, 0.15) is 55.0 Å². The highest BCUT2D eigenvalue weighted by Gasteiger charge is 2.23. The van der Waals surface area contributed by atoms with Crippen molar-refractivity contribution in [3.8, 4) is 0 Å². The van der Waals surface area contributed by atoms with Crippen molar-refractivity contribution in [1.29, 1.82) is 0 Å². The Bertz CT molecular complexity index is 783. The number of rotatable bonds is 3. The van der Waals surface area contributed by atoms with Gasteiger partial charge in [0.05, 0.1) is 0 Å². The predicted molar refractivity (Wildman–Crippen MR) is 102 cm³/mol. The Kier molecular flexibility index (Phi) is 4.26. The molecule has 0 amide bonds. The topological polar surface area (TPSA) is 0 Å². The van der Waals surface area contributed by atoms with Crippen LogP contribution < -0.4 is 0 Å². The van der Waals surface area contributed by atoms with Crippen LogP contribution >= 0.6 is 0 Å². The number of hydrogen-bond acceptors (Lipinski definition) is 0. The molecule has 2 aromatic carbocycles. The van der Waals surface area contributed by atoms with Crippen LogP contribution in [0.4, 0.5) is 0 Å². The zero-order valence-corrected chi connectivity index (χ0v) is 14.9. The molecular weight excluding hydrogens is 276 g/mol. The standard InChI is InChI=1S/C23H26/c1-15(2)12-21-18(5)22(14-19-9-6-16(3)7-10-19)20-11-8-17(4)13-23(20)21/h6-11,13-15H,12H2,1-5H3/b22-14+. The number of benzene rings is 2. The number of fused-ring (bicyclic) bond motifs is 1. The molecule has 0 aliphatic heterocycles. The van der Waals surface area contributed by atoms with Crippen molar-refractivity contribution >= 4 is 17.2 Å². The summed E-state index contributed by atoms with van der Waals surface area (Å²) >= 11 is 0. The lowest BCUT2D eigenvalue weighted by Gasteiger charge is -2.09. The van der Waals surface area contributed by atoms with Gasteiger partial charge in [-0.25, -0.2) is 0 Å². The van der Waals surface area contributed by atoms with Gasteiger partial charge in [0.15, 0.2) is 0 Å². The number of hydrogen-bond donors (Lipinski definition) is 0. The van der Waals surface area contributed by atoms with Crippen LogP contribution in [0.25, 0.3) is 17.2 Å². The van der Waals surface area contributed by atoms with Gasteiger partial charge in [-0.05, 0) is 72.6 Å². The highest BCUT2D eigenvalue weighted by molar-refractivity contribution is 6.05. The minimum Gasteiger partial charge on any atom is -0.0625 e. The van der Waals surface area contributed by atoms with Crippen LogP contribution in [0.2, 0.25) is 0 Å². The van der Waals surface area contributed by atoms with Crippen LogP contribution in [0, 0.1) is 19.8 Å². The minimum atomic E-state index is 0.673. The monoisotopic (exact) mass is 302 g/mol. The van der Waals surface area contributed by atoms with Gasteiger partial charge >= 0.3 is 0 Å². The van der Waals surface area contributed by atoms with E-state index in [-0.39, 0.29) is 0 Å². The predicted octanol–water partition coefficient (Wildman–Crippen LogP) is 6.68. The minimum absolute atomic E-state index is 0.673. The smallest absolute Gasteiger partial charge is 0.0105 e. The normalized spacial score (nSPS) is 15.7. The summed E-state index contributed by atoms with van der Waals surface area (Å²) < 4.78 is 0. The first-order valence-electron chi connectivity index (χ1n) is 8.55. The summed E-state index contributed by atoms with van der Waals surface area (Å²) in [5, 5.41) is 0. The molecule has 23 heavy (non-hydrogen) atoms. The molecule has 0 unspecified atom stereocenters. The summed E-state index contributed by atoms with van der Waals surface area (Å²) in [6.07, 6.45) is 3.49. The molecule has 0 bridgehead atoms. The maximum absolute atomic E-state index is 2.35. The van der Waals surface area contributed by atoms with E-state index < -0.39 is 0 Å². The molecule has 0 fully saturated rings. The quantitative estimate of drug-likeness (QED) is 0.593. The zero-order chi connectivity index (χ0) is 16.6. The fourth-order valence-corrected chi connectivity index (χ4v) is 3.40. The number of allylic oxidation sites excluding steroid dienone is 3. The summed E-state index contributed by atoms with van der Waals surface area (Å²) in [5.74, 6) is 0.673.